The topological polar surface area (TPSA) is 46.8 Å². The SMILES string of the molecule is CCCc1ncc2c(n1)CCN(Cc1nc3ccccc3n1CCC)C2. The lowest BCUT2D eigenvalue weighted by Crippen LogP contribution is -2.32. The molecule has 0 bridgehead atoms. The third kappa shape index (κ3) is 3.36. The van der Waals surface area contributed by atoms with E-state index >= 15 is 0 Å². The zero-order valence-corrected chi connectivity index (χ0v) is 15.8. The second-order valence-corrected chi connectivity index (χ2v) is 7.14. The third-order valence-electron chi connectivity index (χ3n) is 5.08. The molecule has 0 N–H and O–H groups in total. The summed E-state index contributed by atoms with van der Waals surface area (Å²) in [6, 6.07) is 8.45. The highest BCUT2D eigenvalue weighted by Gasteiger charge is 2.21. The Morgan fingerprint density at radius 2 is 1.96 bits per heavy atom. The van der Waals surface area contributed by atoms with Gasteiger partial charge in [0.15, 0.2) is 0 Å². The molecule has 0 spiro atoms. The van der Waals surface area contributed by atoms with Gasteiger partial charge in [-0.25, -0.2) is 15.0 Å². The van der Waals surface area contributed by atoms with Gasteiger partial charge in [0.1, 0.15) is 11.6 Å². The number of aromatic nitrogens is 4. The number of benzene rings is 1. The van der Waals surface area contributed by atoms with Gasteiger partial charge in [-0.2, -0.15) is 0 Å². The van der Waals surface area contributed by atoms with E-state index in [1.165, 1.54) is 22.6 Å². The highest BCUT2D eigenvalue weighted by molar-refractivity contribution is 5.75. The molecule has 3 heterocycles. The number of fused-ring (bicyclic) bond motifs is 2. The van der Waals surface area contributed by atoms with E-state index in [4.69, 9.17) is 9.97 Å². The fraction of sp³-hybridized carbons (Fsp3) is 0.476. The molecule has 26 heavy (non-hydrogen) atoms. The lowest BCUT2D eigenvalue weighted by Gasteiger charge is -2.28. The molecule has 1 aromatic carbocycles. The predicted octanol–water partition coefficient (Wildman–Crippen LogP) is 3.75. The average Bonchev–Trinajstić information content (AvgIpc) is 3.00. The molecule has 5 nitrogen and oxygen atoms in total. The minimum Gasteiger partial charge on any atom is -0.327 e. The normalized spacial score (nSPS) is 14.7. The van der Waals surface area contributed by atoms with Gasteiger partial charge in [0.05, 0.1) is 17.6 Å². The van der Waals surface area contributed by atoms with Crippen LogP contribution in [-0.4, -0.2) is 31.0 Å². The van der Waals surface area contributed by atoms with E-state index in [2.05, 4.69) is 52.6 Å². The van der Waals surface area contributed by atoms with Gasteiger partial charge in [-0.05, 0) is 25.0 Å². The first-order chi connectivity index (χ1) is 12.8. The van der Waals surface area contributed by atoms with Crippen molar-refractivity contribution in [2.24, 2.45) is 0 Å². The molecule has 3 aromatic rings. The summed E-state index contributed by atoms with van der Waals surface area (Å²) in [6.07, 6.45) is 6.22. The molecule has 0 aliphatic carbocycles. The number of rotatable bonds is 6. The average molecular weight is 349 g/mol. The van der Waals surface area contributed by atoms with Crippen molar-refractivity contribution in [2.75, 3.05) is 6.54 Å². The standard InChI is InChI=1S/C21H27N5/c1-3-7-20-22-13-16-14-25(12-10-17(16)23-20)15-21-24-18-8-5-6-9-19(18)26(21)11-4-2/h5-6,8-9,13H,3-4,7,10-12,14-15H2,1-2H3. The van der Waals surface area contributed by atoms with Crippen molar-refractivity contribution >= 4 is 11.0 Å². The Bertz CT molecular complexity index is 899. The van der Waals surface area contributed by atoms with Crippen LogP contribution in [0.5, 0.6) is 0 Å². The molecule has 0 saturated carbocycles. The Labute approximate surface area is 155 Å². The monoisotopic (exact) mass is 349 g/mol. The minimum atomic E-state index is 0.880. The summed E-state index contributed by atoms with van der Waals surface area (Å²) in [7, 11) is 0. The van der Waals surface area contributed by atoms with Crippen LogP contribution >= 0.6 is 0 Å². The van der Waals surface area contributed by atoms with Crippen LogP contribution in [0.15, 0.2) is 30.5 Å². The smallest absolute Gasteiger partial charge is 0.128 e. The summed E-state index contributed by atoms with van der Waals surface area (Å²) < 4.78 is 2.38. The van der Waals surface area contributed by atoms with Crippen molar-refractivity contribution in [2.45, 2.75) is 59.2 Å². The summed E-state index contributed by atoms with van der Waals surface area (Å²) in [5, 5.41) is 0. The van der Waals surface area contributed by atoms with Crippen LogP contribution in [0, 0.1) is 0 Å². The zero-order chi connectivity index (χ0) is 17.9. The van der Waals surface area contributed by atoms with Crippen molar-refractivity contribution in [3.05, 3.63) is 53.4 Å². The second kappa shape index (κ2) is 7.54. The summed E-state index contributed by atoms with van der Waals surface area (Å²) >= 11 is 0. The van der Waals surface area contributed by atoms with E-state index in [0.29, 0.717) is 0 Å². The molecule has 0 fully saturated rings. The maximum atomic E-state index is 4.91. The van der Waals surface area contributed by atoms with Crippen LogP contribution < -0.4 is 0 Å². The van der Waals surface area contributed by atoms with E-state index in [1.807, 2.05) is 6.20 Å². The second-order valence-electron chi connectivity index (χ2n) is 7.14. The number of para-hydroxylation sites is 2. The van der Waals surface area contributed by atoms with E-state index < -0.39 is 0 Å². The molecular formula is C21H27N5. The van der Waals surface area contributed by atoms with Crippen molar-refractivity contribution in [3.8, 4) is 0 Å². The van der Waals surface area contributed by atoms with E-state index in [0.717, 1.165) is 63.2 Å². The first-order valence-electron chi connectivity index (χ1n) is 9.78. The van der Waals surface area contributed by atoms with Crippen LogP contribution in [-0.2, 0) is 32.5 Å². The molecule has 0 amide bonds. The summed E-state index contributed by atoms with van der Waals surface area (Å²) in [5.41, 5.74) is 4.85. The van der Waals surface area contributed by atoms with Crippen molar-refractivity contribution in [1.29, 1.82) is 0 Å². The molecule has 136 valence electrons. The number of imidazole rings is 1. The van der Waals surface area contributed by atoms with Crippen LogP contribution in [0.1, 0.15) is 49.6 Å². The van der Waals surface area contributed by atoms with Gasteiger partial charge < -0.3 is 4.57 Å². The van der Waals surface area contributed by atoms with Crippen molar-refractivity contribution in [1.82, 2.24) is 24.4 Å². The Kier molecular flexibility index (Phi) is 4.98. The molecule has 0 radical (unpaired) electrons. The predicted molar refractivity (Wildman–Crippen MR) is 104 cm³/mol. The van der Waals surface area contributed by atoms with Gasteiger partial charge >= 0.3 is 0 Å². The number of hydrogen-bond donors (Lipinski definition) is 0. The lowest BCUT2D eigenvalue weighted by atomic mass is 10.1. The first-order valence-corrected chi connectivity index (χ1v) is 9.78. The third-order valence-corrected chi connectivity index (χ3v) is 5.08. The Balaban J connectivity index is 1.55. The van der Waals surface area contributed by atoms with Gasteiger partial charge in [-0.1, -0.05) is 26.0 Å². The number of hydrogen-bond acceptors (Lipinski definition) is 4. The number of nitrogens with zero attached hydrogens (tertiary/aromatic N) is 5. The molecule has 5 heteroatoms. The van der Waals surface area contributed by atoms with Crippen LogP contribution in [0.25, 0.3) is 11.0 Å². The highest BCUT2D eigenvalue weighted by atomic mass is 15.2. The number of aryl methyl sites for hydroxylation is 2. The molecule has 1 aliphatic rings. The largest absolute Gasteiger partial charge is 0.327 e. The minimum absolute atomic E-state index is 0.880. The van der Waals surface area contributed by atoms with Gasteiger partial charge in [0.2, 0.25) is 0 Å². The Hall–Kier alpha value is -2.27. The quantitative estimate of drug-likeness (QED) is 0.680. The molecule has 0 saturated heterocycles. The zero-order valence-electron chi connectivity index (χ0n) is 15.8. The summed E-state index contributed by atoms with van der Waals surface area (Å²) in [4.78, 5) is 16.7. The molecule has 0 atom stereocenters. The molecule has 2 aromatic heterocycles. The highest BCUT2D eigenvalue weighted by Crippen LogP contribution is 2.22. The Morgan fingerprint density at radius 1 is 1.08 bits per heavy atom. The molecule has 4 rings (SSSR count). The van der Waals surface area contributed by atoms with Crippen molar-refractivity contribution < 1.29 is 0 Å². The first kappa shape index (κ1) is 17.2. The molecular weight excluding hydrogens is 322 g/mol. The van der Waals surface area contributed by atoms with Gasteiger partial charge in [0.25, 0.3) is 0 Å². The van der Waals surface area contributed by atoms with Gasteiger partial charge in [0, 0.05) is 49.9 Å². The van der Waals surface area contributed by atoms with Crippen LogP contribution in [0.3, 0.4) is 0 Å². The van der Waals surface area contributed by atoms with E-state index in [-0.39, 0.29) is 0 Å². The maximum absolute atomic E-state index is 4.91. The fourth-order valence-corrected chi connectivity index (χ4v) is 3.81. The summed E-state index contributed by atoms with van der Waals surface area (Å²) in [5.74, 6) is 2.16. The molecule has 0 unspecified atom stereocenters. The molecule has 1 aliphatic heterocycles. The van der Waals surface area contributed by atoms with Crippen LogP contribution in [0.4, 0.5) is 0 Å². The van der Waals surface area contributed by atoms with Gasteiger partial charge in [-0.15, -0.1) is 0 Å². The summed E-state index contributed by atoms with van der Waals surface area (Å²) in [6.45, 7) is 8.24. The lowest BCUT2D eigenvalue weighted by molar-refractivity contribution is 0.233. The van der Waals surface area contributed by atoms with Crippen LogP contribution in [0.2, 0.25) is 0 Å². The maximum Gasteiger partial charge on any atom is 0.128 e. The van der Waals surface area contributed by atoms with Crippen molar-refractivity contribution in [3.63, 3.8) is 0 Å². The van der Waals surface area contributed by atoms with E-state index in [1.54, 1.807) is 0 Å². The fourth-order valence-electron chi connectivity index (χ4n) is 3.81. The van der Waals surface area contributed by atoms with Gasteiger partial charge in [-0.3, -0.25) is 4.90 Å². The van der Waals surface area contributed by atoms with E-state index in [9.17, 15) is 0 Å². The Morgan fingerprint density at radius 3 is 2.81 bits per heavy atom.